The Morgan fingerprint density at radius 2 is 2.28 bits per heavy atom. The second-order valence-electron chi connectivity index (χ2n) is 4.98. The summed E-state index contributed by atoms with van der Waals surface area (Å²) in [5.41, 5.74) is 0. The summed E-state index contributed by atoms with van der Waals surface area (Å²) in [6, 6.07) is -0.169. The van der Waals surface area contributed by atoms with Crippen LogP contribution >= 0.6 is 0 Å². The van der Waals surface area contributed by atoms with Crippen LogP contribution in [0.5, 0.6) is 0 Å². The SMILES string of the molecule is C[C@@H]1COCCN1C(=O)CC1CS(=O)(=O)CCN1. The van der Waals surface area contributed by atoms with Crippen molar-refractivity contribution < 1.29 is 17.9 Å². The van der Waals surface area contributed by atoms with Gasteiger partial charge in [-0.1, -0.05) is 0 Å². The van der Waals surface area contributed by atoms with Crippen molar-refractivity contribution in [3.05, 3.63) is 0 Å². The molecule has 0 aliphatic carbocycles. The lowest BCUT2D eigenvalue weighted by atomic mass is 10.1. The summed E-state index contributed by atoms with van der Waals surface area (Å²) in [5.74, 6) is 0.253. The van der Waals surface area contributed by atoms with Gasteiger partial charge in [0, 0.05) is 25.6 Å². The summed E-state index contributed by atoms with van der Waals surface area (Å²) in [4.78, 5) is 13.9. The maximum absolute atomic E-state index is 12.1. The van der Waals surface area contributed by atoms with Crippen LogP contribution in [0.4, 0.5) is 0 Å². The molecule has 0 saturated carbocycles. The second-order valence-corrected chi connectivity index (χ2v) is 7.21. The van der Waals surface area contributed by atoms with Crippen molar-refractivity contribution in [2.75, 3.05) is 37.8 Å². The first kappa shape index (κ1) is 13.8. The summed E-state index contributed by atoms with van der Waals surface area (Å²) in [7, 11) is -2.98. The summed E-state index contributed by atoms with van der Waals surface area (Å²) in [5, 5.41) is 3.10. The maximum Gasteiger partial charge on any atom is 0.224 e. The third-order valence-electron chi connectivity index (χ3n) is 3.41. The Morgan fingerprint density at radius 3 is 2.94 bits per heavy atom. The Morgan fingerprint density at radius 1 is 1.50 bits per heavy atom. The zero-order valence-electron chi connectivity index (χ0n) is 10.6. The van der Waals surface area contributed by atoms with Gasteiger partial charge < -0.3 is 15.0 Å². The number of hydrogen-bond acceptors (Lipinski definition) is 5. The number of carbonyl (C=O) groups is 1. The lowest BCUT2D eigenvalue weighted by molar-refractivity contribution is -0.139. The van der Waals surface area contributed by atoms with E-state index in [0.29, 0.717) is 26.3 Å². The fourth-order valence-corrected chi connectivity index (χ4v) is 3.87. The van der Waals surface area contributed by atoms with Crippen molar-refractivity contribution in [1.82, 2.24) is 10.2 Å². The third-order valence-corrected chi connectivity index (χ3v) is 5.15. The molecule has 2 aliphatic rings. The highest BCUT2D eigenvalue weighted by atomic mass is 32.2. The fraction of sp³-hybridized carbons (Fsp3) is 0.909. The third kappa shape index (κ3) is 3.43. The van der Waals surface area contributed by atoms with E-state index in [1.165, 1.54) is 0 Å². The highest BCUT2D eigenvalue weighted by Gasteiger charge is 2.30. The largest absolute Gasteiger partial charge is 0.377 e. The monoisotopic (exact) mass is 276 g/mol. The number of nitrogens with one attached hydrogen (secondary N) is 1. The molecule has 0 aromatic rings. The van der Waals surface area contributed by atoms with Gasteiger partial charge in [-0.05, 0) is 6.92 Å². The van der Waals surface area contributed by atoms with E-state index in [4.69, 9.17) is 4.74 Å². The Kier molecular flexibility index (Phi) is 4.24. The van der Waals surface area contributed by atoms with Crippen LogP contribution in [0, 0.1) is 0 Å². The zero-order chi connectivity index (χ0) is 13.2. The first-order valence-corrected chi connectivity index (χ1v) is 8.11. The summed E-state index contributed by atoms with van der Waals surface area (Å²) in [6.07, 6.45) is 0.254. The molecule has 2 aliphatic heterocycles. The number of hydrogen-bond donors (Lipinski definition) is 1. The molecular weight excluding hydrogens is 256 g/mol. The van der Waals surface area contributed by atoms with Crippen molar-refractivity contribution >= 4 is 15.7 Å². The average Bonchev–Trinajstić information content (AvgIpc) is 2.28. The van der Waals surface area contributed by atoms with E-state index in [2.05, 4.69) is 5.32 Å². The smallest absolute Gasteiger partial charge is 0.224 e. The van der Waals surface area contributed by atoms with Crippen molar-refractivity contribution in [2.24, 2.45) is 0 Å². The molecule has 2 fully saturated rings. The molecule has 18 heavy (non-hydrogen) atoms. The van der Waals surface area contributed by atoms with Crippen LogP contribution < -0.4 is 5.32 Å². The molecule has 6 nitrogen and oxygen atoms in total. The molecule has 104 valence electrons. The van der Waals surface area contributed by atoms with Crippen LogP contribution in [0.15, 0.2) is 0 Å². The van der Waals surface area contributed by atoms with E-state index in [1.807, 2.05) is 6.92 Å². The summed E-state index contributed by atoms with van der Waals surface area (Å²) < 4.78 is 28.3. The van der Waals surface area contributed by atoms with Gasteiger partial charge in [-0.2, -0.15) is 0 Å². The molecule has 0 bridgehead atoms. The van der Waals surface area contributed by atoms with Crippen LogP contribution in [0.3, 0.4) is 0 Å². The molecule has 0 aromatic heterocycles. The van der Waals surface area contributed by atoms with Crippen molar-refractivity contribution in [3.63, 3.8) is 0 Å². The first-order chi connectivity index (χ1) is 8.48. The van der Waals surface area contributed by atoms with E-state index < -0.39 is 9.84 Å². The second kappa shape index (κ2) is 5.54. The molecule has 7 heteroatoms. The predicted octanol–water partition coefficient (Wildman–Crippen LogP) is -0.990. The topological polar surface area (TPSA) is 75.7 Å². The predicted molar refractivity (Wildman–Crippen MR) is 67.1 cm³/mol. The molecule has 2 rings (SSSR count). The number of rotatable bonds is 2. The van der Waals surface area contributed by atoms with Gasteiger partial charge in [-0.15, -0.1) is 0 Å². The van der Waals surface area contributed by atoms with Crippen molar-refractivity contribution in [3.8, 4) is 0 Å². The normalized spacial score (nSPS) is 32.2. The van der Waals surface area contributed by atoms with Crippen LogP contribution in [-0.2, 0) is 19.4 Å². The van der Waals surface area contributed by atoms with E-state index in [9.17, 15) is 13.2 Å². The molecular formula is C11H20N2O4S. The highest BCUT2D eigenvalue weighted by molar-refractivity contribution is 7.91. The van der Waals surface area contributed by atoms with Crippen LogP contribution in [0.2, 0.25) is 0 Å². The zero-order valence-corrected chi connectivity index (χ0v) is 11.4. The van der Waals surface area contributed by atoms with Gasteiger partial charge in [0.1, 0.15) is 0 Å². The van der Waals surface area contributed by atoms with Gasteiger partial charge in [0.05, 0.1) is 30.8 Å². The standard InChI is InChI=1S/C11H20N2O4S/c1-9-7-17-4-3-13(9)11(14)6-10-8-18(15,16)5-2-12-10/h9-10,12H,2-8H2,1H3/t9-,10?/m1/s1. The van der Waals surface area contributed by atoms with Crippen molar-refractivity contribution in [2.45, 2.75) is 25.4 Å². The quantitative estimate of drug-likeness (QED) is 0.701. The van der Waals surface area contributed by atoms with Gasteiger partial charge in [0.25, 0.3) is 0 Å². The summed E-state index contributed by atoms with van der Waals surface area (Å²) in [6.45, 7) is 4.11. The number of amides is 1. The minimum Gasteiger partial charge on any atom is -0.377 e. The molecule has 1 unspecified atom stereocenters. The van der Waals surface area contributed by atoms with Crippen LogP contribution in [0.1, 0.15) is 13.3 Å². The lowest BCUT2D eigenvalue weighted by Crippen LogP contribution is -2.51. The Hall–Kier alpha value is -0.660. The molecule has 0 radical (unpaired) electrons. The van der Waals surface area contributed by atoms with Gasteiger partial charge in [0.15, 0.2) is 9.84 Å². The Bertz CT molecular complexity index is 409. The Labute approximate surface area is 108 Å². The molecule has 2 saturated heterocycles. The number of carbonyl (C=O) groups excluding carboxylic acids is 1. The van der Waals surface area contributed by atoms with E-state index in [-0.39, 0.29) is 35.9 Å². The number of morpholine rings is 1. The van der Waals surface area contributed by atoms with E-state index in [1.54, 1.807) is 4.90 Å². The van der Waals surface area contributed by atoms with E-state index >= 15 is 0 Å². The molecule has 1 N–H and O–H groups in total. The minimum atomic E-state index is -2.98. The average molecular weight is 276 g/mol. The molecule has 0 aromatic carbocycles. The van der Waals surface area contributed by atoms with Gasteiger partial charge in [-0.3, -0.25) is 4.79 Å². The number of ether oxygens (including phenoxy) is 1. The van der Waals surface area contributed by atoms with Crippen molar-refractivity contribution in [1.29, 1.82) is 0 Å². The fourth-order valence-electron chi connectivity index (χ4n) is 2.42. The summed E-state index contributed by atoms with van der Waals surface area (Å²) >= 11 is 0. The van der Waals surface area contributed by atoms with Crippen LogP contribution in [-0.4, -0.2) is 69.1 Å². The lowest BCUT2D eigenvalue weighted by Gasteiger charge is -2.34. The highest BCUT2D eigenvalue weighted by Crippen LogP contribution is 2.12. The number of nitrogens with zero attached hydrogens (tertiary/aromatic N) is 1. The molecule has 2 heterocycles. The van der Waals surface area contributed by atoms with Crippen LogP contribution in [0.25, 0.3) is 0 Å². The van der Waals surface area contributed by atoms with E-state index in [0.717, 1.165) is 0 Å². The Balaban J connectivity index is 1.90. The number of sulfone groups is 1. The minimum absolute atomic E-state index is 0.0143. The molecule has 1 amide bonds. The van der Waals surface area contributed by atoms with Gasteiger partial charge >= 0.3 is 0 Å². The molecule has 0 spiro atoms. The van der Waals surface area contributed by atoms with Gasteiger partial charge in [-0.25, -0.2) is 8.42 Å². The van der Waals surface area contributed by atoms with Gasteiger partial charge in [0.2, 0.25) is 5.91 Å². The maximum atomic E-state index is 12.1. The first-order valence-electron chi connectivity index (χ1n) is 6.29. The molecule has 2 atom stereocenters.